The van der Waals surface area contributed by atoms with E-state index < -0.39 is 15.9 Å². The molecule has 5 N–H and O–H groups in total. The Morgan fingerprint density at radius 2 is 2.06 bits per heavy atom. The maximum atomic E-state index is 11.9. The third kappa shape index (κ3) is 3.44. The number of hydrogen-bond donors (Lipinski definition) is 3. The van der Waals surface area contributed by atoms with E-state index in [2.05, 4.69) is 5.32 Å². The highest BCUT2D eigenvalue weighted by atomic mass is 32.2. The SMILES string of the molecule is CCC(C)NC(=O)c1cc(S(N)(=O)=O)ccc1N. The third-order valence-electron chi connectivity index (χ3n) is 2.59. The first-order chi connectivity index (χ1) is 8.25. The van der Waals surface area contributed by atoms with E-state index in [1.807, 2.05) is 13.8 Å². The van der Waals surface area contributed by atoms with Crippen LogP contribution in [0.3, 0.4) is 0 Å². The summed E-state index contributed by atoms with van der Waals surface area (Å²) >= 11 is 0. The number of carbonyl (C=O) groups is 1. The molecule has 0 bridgehead atoms. The summed E-state index contributed by atoms with van der Waals surface area (Å²) in [4.78, 5) is 11.8. The molecule has 0 aromatic heterocycles. The molecular formula is C11H17N3O3S. The number of carbonyl (C=O) groups excluding carboxylic acids is 1. The number of anilines is 1. The fourth-order valence-corrected chi connectivity index (χ4v) is 1.85. The Kier molecular flexibility index (Phi) is 4.31. The van der Waals surface area contributed by atoms with Crippen molar-refractivity contribution in [3.63, 3.8) is 0 Å². The van der Waals surface area contributed by atoms with Crippen LogP contribution in [0.1, 0.15) is 30.6 Å². The lowest BCUT2D eigenvalue weighted by Gasteiger charge is -2.13. The maximum Gasteiger partial charge on any atom is 0.253 e. The van der Waals surface area contributed by atoms with Gasteiger partial charge in [-0.15, -0.1) is 0 Å². The van der Waals surface area contributed by atoms with Crippen molar-refractivity contribution < 1.29 is 13.2 Å². The van der Waals surface area contributed by atoms with E-state index in [4.69, 9.17) is 10.9 Å². The van der Waals surface area contributed by atoms with Crippen molar-refractivity contribution in [2.45, 2.75) is 31.2 Å². The Labute approximate surface area is 106 Å². The molecule has 1 atom stereocenters. The van der Waals surface area contributed by atoms with Gasteiger partial charge in [-0.05, 0) is 31.5 Å². The topological polar surface area (TPSA) is 115 Å². The van der Waals surface area contributed by atoms with Crippen molar-refractivity contribution in [1.29, 1.82) is 0 Å². The summed E-state index contributed by atoms with van der Waals surface area (Å²) in [7, 11) is -3.85. The van der Waals surface area contributed by atoms with Gasteiger partial charge < -0.3 is 11.1 Å². The minimum absolute atomic E-state index is 0.0185. The summed E-state index contributed by atoms with van der Waals surface area (Å²) in [5.41, 5.74) is 5.98. The minimum Gasteiger partial charge on any atom is -0.398 e. The van der Waals surface area contributed by atoms with Crippen LogP contribution >= 0.6 is 0 Å². The van der Waals surface area contributed by atoms with Crippen LogP contribution < -0.4 is 16.2 Å². The fourth-order valence-electron chi connectivity index (χ4n) is 1.31. The number of hydrogen-bond acceptors (Lipinski definition) is 4. The third-order valence-corrected chi connectivity index (χ3v) is 3.50. The average molecular weight is 271 g/mol. The van der Waals surface area contributed by atoms with E-state index in [0.717, 1.165) is 6.42 Å². The van der Waals surface area contributed by atoms with Crippen LogP contribution in [0.5, 0.6) is 0 Å². The number of benzene rings is 1. The summed E-state index contributed by atoms with van der Waals surface area (Å²) in [6.45, 7) is 3.77. The van der Waals surface area contributed by atoms with Gasteiger partial charge >= 0.3 is 0 Å². The summed E-state index contributed by atoms with van der Waals surface area (Å²) in [5, 5.41) is 7.71. The molecule has 1 aromatic rings. The molecule has 100 valence electrons. The van der Waals surface area contributed by atoms with Gasteiger partial charge in [0.2, 0.25) is 10.0 Å². The van der Waals surface area contributed by atoms with Gasteiger partial charge in [0.1, 0.15) is 0 Å². The van der Waals surface area contributed by atoms with Crippen LogP contribution in [0.25, 0.3) is 0 Å². The van der Waals surface area contributed by atoms with Crippen LogP contribution in [0.2, 0.25) is 0 Å². The van der Waals surface area contributed by atoms with Gasteiger partial charge in [-0.1, -0.05) is 6.92 Å². The van der Waals surface area contributed by atoms with Crippen LogP contribution in [0, 0.1) is 0 Å². The molecule has 6 nitrogen and oxygen atoms in total. The summed E-state index contributed by atoms with van der Waals surface area (Å²) in [6.07, 6.45) is 0.764. The highest BCUT2D eigenvalue weighted by Crippen LogP contribution is 2.17. The Morgan fingerprint density at radius 3 is 2.56 bits per heavy atom. The lowest BCUT2D eigenvalue weighted by Crippen LogP contribution is -2.32. The molecule has 0 aliphatic rings. The van der Waals surface area contributed by atoms with Gasteiger partial charge in [0, 0.05) is 11.7 Å². The summed E-state index contributed by atoms with van der Waals surface area (Å²) in [6, 6.07) is 3.79. The second kappa shape index (κ2) is 5.36. The standard InChI is InChI=1S/C11H17N3O3S/c1-3-7(2)14-11(15)9-6-8(18(13,16)17)4-5-10(9)12/h4-7H,3,12H2,1-2H3,(H,14,15)(H2,13,16,17). The zero-order valence-corrected chi connectivity index (χ0v) is 11.1. The predicted octanol–water partition coefficient (Wildman–Crippen LogP) is 0.444. The van der Waals surface area contributed by atoms with E-state index in [-0.39, 0.29) is 22.2 Å². The Hall–Kier alpha value is -1.60. The second-order valence-corrected chi connectivity index (χ2v) is 5.64. The number of nitrogens with two attached hydrogens (primary N) is 2. The van der Waals surface area contributed by atoms with Gasteiger partial charge in [0.15, 0.2) is 0 Å². The Bertz CT molecular complexity index is 555. The molecule has 0 aliphatic heterocycles. The summed E-state index contributed by atoms with van der Waals surface area (Å²) < 4.78 is 22.4. The predicted molar refractivity (Wildman–Crippen MR) is 69.4 cm³/mol. The van der Waals surface area contributed by atoms with E-state index >= 15 is 0 Å². The van der Waals surface area contributed by atoms with Crippen LogP contribution in [0.15, 0.2) is 23.1 Å². The van der Waals surface area contributed by atoms with Gasteiger partial charge in [0.25, 0.3) is 5.91 Å². The van der Waals surface area contributed by atoms with Crippen molar-refractivity contribution in [1.82, 2.24) is 5.32 Å². The molecule has 0 aliphatic carbocycles. The largest absolute Gasteiger partial charge is 0.398 e. The molecule has 0 spiro atoms. The van der Waals surface area contributed by atoms with Crippen molar-refractivity contribution in [2.75, 3.05) is 5.73 Å². The molecule has 1 aromatic carbocycles. The minimum atomic E-state index is -3.85. The first-order valence-electron chi connectivity index (χ1n) is 5.49. The van der Waals surface area contributed by atoms with Crippen molar-refractivity contribution in [2.24, 2.45) is 5.14 Å². The highest BCUT2D eigenvalue weighted by Gasteiger charge is 2.16. The Morgan fingerprint density at radius 1 is 1.44 bits per heavy atom. The van der Waals surface area contributed by atoms with Crippen LogP contribution in [0.4, 0.5) is 5.69 Å². The molecule has 0 saturated carbocycles. The zero-order chi connectivity index (χ0) is 13.9. The van der Waals surface area contributed by atoms with Crippen LogP contribution in [-0.4, -0.2) is 20.4 Å². The number of nitrogen functional groups attached to an aromatic ring is 1. The molecule has 1 rings (SSSR count). The van der Waals surface area contributed by atoms with E-state index in [0.29, 0.717) is 0 Å². The molecule has 7 heteroatoms. The number of sulfonamides is 1. The van der Waals surface area contributed by atoms with E-state index in [1.165, 1.54) is 18.2 Å². The molecule has 18 heavy (non-hydrogen) atoms. The number of nitrogens with one attached hydrogen (secondary N) is 1. The normalized spacial score (nSPS) is 13.1. The lowest BCUT2D eigenvalue weighted by molar-refractivity contribution is 0.0940. The second-order valence-electron chi connectivity index (χ2n) is 4.08. The maximum absolute atomic E-state index is 11.9. The molecule has 0 fully saturated rings. The molecule has 0 radical (unpaired) electrons. The van der Waals surface area contributed by atoms with Gasteiger partial charge in [-0.25, -0.2) is 13.6 Å². The number of primary sulfonamides is 1. The van der Waals surface area contributed by atoms with E-state index in [9.17, 15) is 13.2 Å². The van der Waals surface area contributed by atoms with Crippen molar-refractivity contribution >= 4 is 21.6 Å². The molecular weight excluding hydrogens is 254 g/mol. The molecule has 1 amide bonds. The fraction of sp³-hybridized carbons (Fsp3) is 0.364. The average Bonchev–Trinajstić information content (AvgIpc) is 2.27. The monoisotopic (exact) mass is 271 g/mol. The van der Waals surface area contributed by atoms with Crippen LogP contribution in [-0.2, 0) is 10.0 Å². The smallest absolute Gasteiger partial charge is 0.253 e. The molecule has 1 unspecified atom stereocenters. The first-order valence-corrected chi connectivity index (χ1v) is 7.03. The van der Waals surface area contributed by atoms with Crippen molar-refractivity contribution in [3.05, 3.63) is 23.8 Å². The molecule has 0 heterocycles. The highest BCUT2D eigenvalue weighted by molar-refractivity contribution is 7.89. The zero-order valence-electron chi connectivity index (χ0n) is 10.3. The van der Waals surface area contributed by atoms with Gasteiger partial charge in [-0.2, -0.15) is 0 Å². The quantitative estimate of drug-likeness (QED) is 0.689. The summed E-state index contributed by atoms with van der Waals surface area (Å²) in [5.74, 6) is -0.410. The molecule has 0 saturated heterocycles. The first kappa shape index (κ1) is 14.5. The Balaban J connectivity index is 3.12. The van der Waals surface area contributed by atoms with Crippen molar-refractivity contribution in [3.8, 4) is 0 Å². The van der Waals surface area contributed by atoms with E-state index in [1.54, 1.807) is 0 Å². The lowest BCUT2D eigenvalue weighted by atomic mass is 10.1. The number of amides is 1. The van der Waals surface area contributed by atoms with Gasteiger partial charge in [0.05, 0.1) is 10.5 Å². The number of rotatable bonds is 4. The van der Waals surface area contributed by atoms with Gasteiger partial charge in [-0.3, -0.25) is 4.79 Å².